The van der Waals surface area contributed by atoms with Gasteiger partial charge < -0.3 is 14.7 Å². The van der Waals surface area contributed by atoms with E-state index in [9.17, 15) is 9.90 Å². The third-order valence-corrected chi connectivity index (χ3v) is 4.18. The minimum absolute atomic E-state index is 0.0991. The first kappa shape index (κ1) is 16.7. The molecule has 2 heterocycles. The number of nitrogens with one attached hydrogen (secondary N) is 1. The summed E-state index contributed by atoms with van der Waals surface area (Å²) >= 11 is 5.84. The lowest BCUT2D eigenvalue weighted by molar-refractivity contribution is -0.136. The normalized spacial score (nSPS) is 20.9. The van der Waals surface area contributed by atoms with Crippen molar-refractivity contribution in [3.63, 3.8) is 0 Å². The predicted molar refractivity (Wildman–Crippen MR) is 87.9 cm³/mol. The number of ether oxygens (including phenoxy) is 1. The minimum atomic E-state index is -0.743. The molecule has 7 nitrogen and oxygen atoms in total. The summed E-state index contributed by atoms with van der Waals surface area (Å²) < 4.78 is 5.80. The molecule has 128 valence electrons. The molecule has 8 heteroatoms. The number of aromatic nitrogens is 3. The van der Waals surface area contributed by atoms with Crippen LogP contribution in [-0.4, -0.2) is 56.4 Å². The highest BCUT2D eigenvalue weighted by molar-refractivity contribution is 6.30. The molecule has 0 unspecified atom stereocenters. The maximum atomic E-state index is 12.3. The van der Waals surface area contributed by atoms with E-state index in [0.29, 0.717) is 35.4 Å². The summed E-state index contributed by atoms with van der Waals surface area (Å²) in [4.78, 5) is 18.0. The van der Waals surface area contributed by atoms with Crippen LogP contribution in [0.3, 0.4) is 0 Å². The molecule has 0 spiro atoms. The van der Waals surface area contributed by atoms with Gasteiger partial charge in [-0.3, -0.25) is 9.89 Å². The van der Waals surface area contributed by atoms with Gasteiger partial charge in [0.1, 0.15) is 23.8 Å². The van der Waals surface area contributed by atoms with Gasteiger partial charge in [0.15, 0.2) is 5.82 Å². The van der Waals surface area contributed by atoms with Gasteiger partial charge >= 0.3 is 0 Å². The third kappa shape index (κ3) is 4.04. The zero-order valence-corrected chi connectivity index (χ0v) is 14.0. The van der Waals surface area contributed by atoms with Gasteiger partial charge in [-0.2, -0.15) is 5.10 Å². The van der Waals surface area contributed by atoms with Gasteiger partial charge in [-0.1, -0.05) is 11.6 Å². The zero-order chi connectivity index (χ0) is 17.1. The second-order valence-electron chi connectivity index (χ2n) is 5.82. The molecule has 1 aromatic carbocycles. The van der Waals surface area contributed by atoms with Crippen molar-refractivity contribution in [1.29, 1.82) is 0 Å². The maximum absolute atomic E-state index is 12.3. The van der Waals surface area contributed by atoms with Gasteiger partial charge in [0.05, 0.1) is 13.0 Å². The van der Waals surface area contributed by atoms with Crippen molar-refractivity contribution in [2.24, 2.45) is 0 Å². The van der Waals surface area contributed by atoms with Crippen molar-refractivity contribution in [3.8, 4) is 5.75 Å². The fourth-order valence-corrected chi connectivity index (χ4v) is 2.80. The van der Waals surface area contributed by atoms with Crippen molar-refractivity contribution in [3.05, 3.63) is 40.9 Å². The number of aliphatic hydroxyl groups is 1. The molecule has 2 N–H and O–H groups in total. The lowest BCUT2D eigenvalue weighted by atomic mass is 10.0. The number of halogens is 1. The summed E-state index contributed by atoms with van der Waals surface area (Å²) in [6.07, 6.45) is -0.407. The Morgan fingerprint density at radius 1 is 1.46 bits per heavy atom. The Bertz CT molecular complexity index is 704. The van der Waals surface area contributed by atoms with Gasteiger partial charge in [-0.05, 0) is 31.2 Å². The Balaban J connectivity index is 1.54. The fraction of sp³-hybridized carbons (Fsp3) is 0.438. The van der Waals surface area contributed by atoms with E-state index in [1.807, 2.05) is 0 Å². The van der Waals surface area contributed by atoms with Gasteiger partial charge in [-0.15, -0.1) is 0 Å². The number of hydrogen-bond acceptors (Lipinski definition) is 5. The molecule has 3 rings (SSSR count). The number of hydrogen-bond donors (Lipinski definition) is 2. The molecule has 1 fully saturated rings. The molecule has 1 aromatic heterocycles. The van der Waals surface area contributed by atoms with E-state index in [1.165, 1.54) is 0 Å². The molecule has 0 radical (unpaired) electrons. The number of piperidine rings is 1. The van der Waals surface area contributed by atoms with Crippen LogP contribution in [0.5, 0.6) is 5.75 Å². The highest BCUT2D eigenvalue weighted by Crippen LogP contribution is 2.21. The van der Waals surface area contributed by atoms with E-state index in [4.69, 9.17) is 16.3 Å². The third-order valence-electron chi connectivity index (χ3n) is 3.93. The molecule has 2 atom stereocenters. The number of likely N-dealkylation sites (tertiary alicyclic amines) is 1. The van der Waals surface area contributed by atoms with Crippen LogP contribution in [0.2, 0.25) is 5.02 Å². The average Bonchev–Trinajstić information content (AvgIpc) is 2.96. The van der Waals surface area contributed by atoms with Gasteiger partial charge in [0.25, 0.3) is 0 Å². The fourth-order valence-electron chi connectivity index (χ4n) is 2.68. The lowest BCUT2D eigenvalue weighted by Gasteiger charge is -2.35. The molecule has 1 amide bonds. The second-order valence-corrected chi connectivity index (χ2v) is 6.26. The molecule has 1 aliphatic rings. The quantitative estimate of drug-likeness (QED) is 0.868. The number of carbonyl (C=O) groups is 1. The number of H-pyrrole nitrogens is 1. The van der Waals surface area contributed by atoms with Crippen LogP contribution in [0.1, 0.15) is 18.1 Å². The number of benzene rings is 1. The summed E-state index contributed by atoms with van der Waals surface area (Å²) in [6.45, 7) is 2.54. The maximum Gasteiger partial charge on any atom is 0.230 e. The van der Waals surface area contributed by atoms with Crippen LogP contribution in [0.4, 0.5) is 0 Å². The van der Waals surface area contributed by atoms with Crippen molar-refractivity contribution in [2.45, 2.75) is 32.0 Å². The Labute approximate surface area is 144 Å². The smallest absolute Gasteiger partial charge is 0.230 e. The number of β-amino-alcohol motifs (C(OH)–C–C–N with tert-alkyl or cyclic N) is 1. The number of aliphatic hydroxyl groups excluding tert-OH is 1. The number of carbonyl (C=O) groups excluding carboxylic acids is 1. The zero-order valence-electron chi connectivity index (χ0n) is 13.3. The molecule has 0 saturated carbocycles. The number of amides is 1. The summed E-state index contributed by atoms with van der Waals surface area (Å²) in [7, 11) is 0. The standard InChI is InChI=1S/C16H19ClN4O3/c1-10-18-15(20-19-10)8-16(23)21-7-6-14(13(22)9-21)24-12-4-2-11(17)3-5-12/h2-5,13-14,22H,6-9H2,1H3,(H,18,19,20)/t13-,14-/m1/s1. The van der Waals surface area contributed by atoms with Crippen LogP contribution in [-0.2, 0) is 11.2 Å². The number of nitrogens with zero attached hydrogens (tertiary/aromatic N) is 3. The SMILES string of the molecule is Cc1nc(CC(=O)N2CC[C@@H](Oc3ccc(Cl)cc3)[C@H](O)C2)n[nH]1. The summed E-state index contributed by atoms with van der Waals surface area (Å²) in [5.41, 5.74) is 0. The van der Waals surface area contributed by atoms with E-state index < -0.39 is 6.10 Å². The first-order valence-electron chi connectivity index (χ1n) is 7.77. The molecular formula is C16H19ClN4O3. The first-order chi connectivity index (χ1) is 11.5. The predicted octanol–water partition coefficient (Wildman–Crippen LogP) is 1.35. The molecule has 0 bridgehead atoms. The van der Waals surface area contributed by atoms with Crippen LogP contribution in [0.25, 0.3) is 0 Å². The topological polar surface area (TPSA) is 91.3 Å². The van der Waals surface area contributed by atoms with Crippen molar-refractivity contribution in [2.75, 3.05) is 13.1 Å². The Morgan fingerprint density at radius 3 is 2.83 bits per heavy atom. The van der Waals surface area contributed by atoms with E-state index in [-0.39, 0.29) is 25.0 Å². The van der Waals surface area contributed by atoms with Crippen LogP contribution in [0, 0.1) is 6.92 Å². The van der Waals surface area contributed by atoms with E-state index in [0.717, 1.165) is 0 Å². The highest BCUT2D eigenvalue weighted by Gasteiger charge is 2.31. The second kappa shape index (κ2) is 7.19. The monoisotopic (exact) mass is 350 g/mol. The number of aromatic amines is 1. The van der Waals surface area contributed by atoms with Gasteiger partial charge in [0, 0.05) is 18.0 Å². The number of rotatable bonds is 4. The Hall–Kier alpha value is -2.12. The van der Waals surface area contributed by atoms with Crippen LogP contribution >= 0.6 is 11.6 Å². The molecule has 24 heavy (non-hydrogen) atoms. The van der Waals surface area contributed by atoms with Crippen LogP contribution < -0.4 is 4.74 Å². The van der Waals surface area contributed by atoms with E-state index >= 15 is 0 Å². The molecule has 0 aliphatic carbocycles. The van der Waals surface area contributed by atoms with Crippen molar-refractivity contribution in [1.82, 2.24) is 20.1 Å². The largest absolute Gasteiger partial charge is 0.488 e. The van der Waals surface area contributed by atoms with E-state index in [1.54, 1.807) is 36.1 Å². The first-order valence-corrected chi connectivity index (χ1v) is 8.15. The van der Waals surface area contributed by atoms with Crippen molar-refractivity contribution >= 4 is 17.5 Å². The Kier molecular flexibility index (Phi) is 5.01. The summed E-state index contributed by atoms with van der Waals surface area (Å²) in [5.74, 6) is 1.69. The van der Waals surface area contributed by atoms with Crippen LogP contribution in [0.15, 0.2) is 24.3 Å². The molecular weight excluding hydrogens is 332 g/mol. The van der Waals surface area contributed by atoms with Gasteiger partial charge in [0.2, 0.25) is 5.91 Å². The molecule has 1 saturated heterocycles. The lowest BCUT2D eigenvalue weighted by Crippen LogP contribution is -2.51. The van der Waals surface area contributed by atoms with Crippen molar-refractivity contribution < 1.29 is 14.6 Å². The van der Waals surface area contributed by atoms with E-state index in [2.05, 4.69) is 15.2 Å². The highest BCUT2D eigenvalue weighted by atomic mass is 35.5. The summed E-state index contributed by atoms with van der Waals surface area (Å²) in [6, 6.07) is 7.00. The Morgan fingerprint density at radius 2 is 2.21 bits per heavy atom. The average molecular weight is 351 g/mol. The molecule has 1 aliphatic heterocycles. The number of aryl methyl sites for hydroxylation is 1. The minimum Gasteiger partial charge on any atom is -0.488 e. The summed E-state index contributed by atoms with van der Waals surface area (Å²) in [5, 5.41) is 17.6. The molecule has 2 aromatic rings. The van der Waals surface area contributed by atoms with Gasteiger partial charge in [-0.25, -0.2) is 4.98 Å².